The summed E-state index contributed by atoms with van der Waals surface area (Å²) in [5.41, 5.74) is 7.09. The summed E-state index contributed by atoms with van der Waals surface area (Å²) in [6.07, 6.45) is 2.42. The highest BCUT2D eigenvalue weighted by molar-refractivity contribution is 5.29. The zero-order valence-corrected chi connectivity index (χ0v) is 11.5. The maximum absolute atomic E-state index is 5.79. The fraction of sp³-hybridized carbons (Fsp3) is 0.600. The number of rotatable bonds is 5. The molecule has 0 bridgehead atoms. The molecule has 1 aliphatic rings. The highest BCUT2D eigenvalue weighted by Crippen LogP contribution is 2.23. The minimum absolute atomic E-state index is 0.225. The average molecular weight is 248 g/mol. The van der Waals surface area contributed by atoms with Crippen molar-refractivity contribution in [3.8, 4) is 5.75 Å². The van der Waals surface area contributed by atoms with E-state index in [1.54, 1.807) is 0 Å². The van der Waals surface area contributed by atoms with Gasteiger partial charge in [0.15, 0.2) is 0 Å². The number of nitrogens with two attached hydrogens (primary N) is 1. The fourth-order valence-corrected chi connectivity index (χ4v) is 2.35. The van der Waals surface area contributed by atoms with E-state index >= 15 is 0 Å². The highest BCUT2D eigenvalue weighted by atomic mass is 16.5. The van der Waals surface area contributed by atoms with Crippen molar-refractivity contribution < 1.29 is 4.74 Å². The number of hydrogen-bond donors (Lipinski definition) is 2. The van der Waals surface area contributed by atoms with E-state index in [-0.39, 0.29) is 6.10 Å². The van der Waals surface area contributed by atoms with Gasteiger partial charge in [-0.05, 0) is 51.3 Å². The molecule has 1 aliphatic carbocycles. The highest BCUT2D eigenvalue weighted by Gasteiger charge is 2.26. The van der Waals surface area contributed by atoms with Crippen molar-refractivity contribution in [2.45, 2.75) is 57.8 Å². The van der Waals surface area contributed by atoms with Gasteiger partial charge in [-0.25, -0.2) is 0 Å². The summed E-state index contributed by atoms with van der Waals surface area (Å²) in [6.45, 7) is 6.28. The Labute approximate surface area is 110 Å². The van der Waals surface area contributed by atoms with Crippen LogP contribution >= 0.6 is 0 Å². The van der Waals surface area contributed by atoms with E-state index in [1.165, 1.54) is 5.56 Å². The summed E-state index contributed by atoms with van der Waals surface area (Å²) < 4.78 is 5.64. The van der Waals surface area contributed by atoms with Gasteiger partial charge in [0.1, 0.15) is 5.75 Å². The van der Waals surface area contributed by atoms with Crippen molar-refractivity contribution >= 4 is 0 Å². The fourth-order valence-electron chi connectivity index (χ4n) is 2.35. The van der Waals surface area contributed by atoms with E-state index in [0.29, 0.717) is 18.1 Å². The third-order valence-electron chi connectivity index (χ3n) is 3.41. The van der Waals surface area contributed by atoms with Crippen LogP contribution in [0.2, 0.25) is 0 Å². The third kappa shape index (κ3) is 3.47. The smallest absolute Gasteiger partial charge is 0.119 e. The molecule has 1 aromatic carbocycles. The Morgan fingerprint density at radius 1 is 1.17 bits per heavy atom. The molecule has 1 unspecified atom stereocenters. The first-order valence-electron chi connectivity index (χ1n) is 6.83. The van der Waals surface area contributed by atoms with Gasteiger partial charge in [-0.3, -0.25) is 0 Å². The van der Waals surface area contributed by atoms with Gasteiger partial charge in [-0.1, -0.05) is 12.1 Å². The molecular formula is C15H24N2O. The zero-order chi connectivity index (χ0) is 13.1. The topological polar surface area (TPSA) is 47.3 Å². The van der Waals surface area contributed by atoms with Crippen LogP contribution in [-0.4, -0.2) is 18.2 Å². The maximum Gasteiger partial charge on any atom is 0.119 e. The molecule has 1 atom stereocenters. The van der Waals surface area contributed by atoms with Crippen LogP contribution in [0, 0.1) is 0 Å². The lowest BCUT2D eigenvalue weighted by atomic mass is 9.87. The summed E-state index contributed by atoms with van der Waals surface area (Å²) in [6, 6.07) is 9.70. The van der Waals surface area contributed by atoms with Gasteiger partial charge in [-0.2, -0.15) is 0 Å². The molecule has 2 rings (SSSR count). The lowest BCUT2D eigenvalue weighted by molar-refractivity contribution is 0.242. The number of nitrogens with one attached hydrogen (secondary N) is 1. The van der Waals surface area contributed by atoms with Crippen LogP contribution in [0.15, 0.2) is 24.3 Å². The summed E-state index contributed by atoms with van der Waals surface area (Å²) in [5, 5.41) is 3.60. The van der Waals surface area contributed by atoms with Crippen LogP contribution in [0.3, 0.4) is 0 Å². The molecule has 0 saturated heterocycles. The van der Waals surface area contributed by atoms with Crippen molar-refractivity contribution in [3.63, 3.8) is 0 Å². The summed E-state index contributed by atoms with van der Waals surface area (Å²) in [7, 11) is 0. The third-order valence-corrected chi connectivity index (χ3v) is 3.41. The van der Waals surface area contributed by atoms with E-state index in [2.05, 4.69) is 24.4 Å². The van der Waals surface area contributed by atoms with E-state index in [0.717, 1.165) is 18.6 Å². The average Bonchev–Trinajstić information content (AvgIpc) is 2.27. The molecule has 0 radical (unpaired) electrons. The molecule has 100 valence electrons. The van der Waals surface area contributed by atoms with Crippen LogP contribution in [0.5, 0.6) is 5.75 Å². The van der Waals surface area contributed by atoms with Gasteiger partial charge < -0.3 is 15.8 Å². The van der Waals surface area contributed by atoms with Gasteiger partial charge in [0, 0.05) is 18.1 Å². The van der Waals surface area contributed by atoms with Crippen molar-refractivity contribution in [1.82, 2.24) is 5.32 Å². The first-order valence-corrected chi connectivity index (χ1v) is 6.83. The number of hydrogen-bond acceptors (Lipinski definition) is 3. The molecular weight excluding hydrogens is 224 g/mol. The van der Waals surface area contributed by atoms with Crippen molar-refractivity contribution in [2.75, 3.05) is 0 Å². The quantitative estimate of drug-likeness (QED) is 0.842. The molecule has 0 aromatic heterocycles. The van der Waals surface area contributed by atoms with Gasteiger partial charge in [0.2, 0.25) is 0 Å². The minimum Gasteiger partial charge on any atom is -0.491 e. The zero-order valence-electron chi connectivity index (χ0n) is 11.5. The first kappa shape index (κ1) is 13.4. The Morgan fingerprint density at radius 2 is 1.78 bits per heavy atom. The van der Waals surface area contributed by atoms with Gasteiger partial charge in [0.05, 0.1) is 6.10 Å². The second kappa shape index (κ2) is 5.72. The van der Waals surface area contributed by atoms with Crippen LogP contribution < -0.4 is 15.8 Å². The van der Waals surface area contributed by atoms with Crippen molar-refractivity contribution in [3.05, 3.63) is 29.8 Å². The largest absolute Gasteiger partial charge is 0.491 e. The monoisotopic (exact) mass is 248 g/mol. The second-order valence-electron chi connectivity index (χ2n) is 5.55. The van der Waals surface area contributed by atoms with Crippen LogP contribution in [-0.2, 0) is 0 Å². The van der Waals surface area contributed by atoms with E-state index < -0.39 is 0 Å². The summed E-state index contributed by atoms with van der Waals surface area (Å²) in [5.74, 6) is 0.937. The van der Waals surface area contributed by atoms with E-state index in [1.807, 2.05) is 26.0 Å². The predicted molar refractivity (Wildman–Crippen MR) is 74.8 cm³/mol. The first-order chi connectivity index (χ1) is 8.54. The lowest BCUT2D eigenvalue weighted by Gasteiger charge is -2.35. The number of benzene rings is 1. The predicted octanol–water partition coefficient (Wildman–Crippen LogP) is 2.61. The van der Waals surface area contributed by atoms with Gasteiger partial charge in [0.25, 0.3) is 0 Å². The molecule has 0 heterocycles. The van der Waals surface area contributed by atoms with Crippen molar-refractivity contribution in [1.29, 1.82) is 0 Å². The SMILES string of the molecule is CC(C)Oc1ccc(C(C)NC2CC(N)C2)cc1. The molecule has 3 nitrogen and oxygen atoms in total. The summed E-state index contributed by atoms with van der Waals surface area (Å²) in [4.78, 5) is 0. The van der Waals surface area contributed by atoms with Crippen LogP contribution in [0.4, 0.5) is 0 Å². The van der Waals surface area contributed by atoms with Gasteiger partial charge >= 0.3 is 0 Å². The lowest BCUT2D eigenvalue weighted by Crippen LogP contribution is -2.49. The normalized spacial score (nSPS) is 24.7. The molecule has 1 saturated carbocycles. The molecule has 0 spiro atoms. The maximum atomic E-state index is 5.79. The number of ether oxygens (including phenoxy) is 1. The Bertz CT molecular complexity index is 369. The van der Waals surface area contributed by atoms with Crippen LogP contribution in [0.25, 0.3) is 0 Å². The van der Waals surface area contributed by atoms with Gasteiger partial charge in [-0.15, -0.1) is 0 Å². The second-order valence-corrected chi connectivity index (χ2v) is 5.55. The molecule has 1 aromatic rings. The Hall–Kier alpha value is -1.06. The molecule has 0 aliphatic heterocycles. The standard InChI is InChI=1S/C15H24N2O/c1-10(2)18-15-6-4-12(5-7-15)11(3)17-14-8-13(16)9-14/h4-7,10-11,13-14,17H,8-9,16H2,1-3H3. The van der Waals surface area contributed by atoms with E-state index in [9.17, 15) is 0 Å². The molecule has 1 fully saturated rings. The molecule has 0 amide bonds. The Kier molecular flexibility index (Phi) is 4.25. The summed E-state index contributed by atoms with van der Waals surface area (Å²) >= 11 is 0. The minimum atomic E-state index is 0.225. The Morgan fingerprint density at radius 3 is 2.28 bits per heavy atom. The Balaban J connectivity index is 1.88. The van der Waals surface area contributed by atoms with Crippen LogP contribution in [0.1, 0.15) is 45.2 Å². The molecule has 18 heavy (non-hydrogen) atoms. The van der Waals surface area contributed by atoms with Crippen molar-refractivity contribution in [2.24, 2.45) is 5.73 Å². The molecule has 3 heteroatoms. The molecule has 3 N–H and O–H groups in total. The van der Waals surface area contributed by atoms with E-state index in [4.69, 9.17) is 10.5 Å².